The van der Waals surface area contributed by atoms with Crippen molar-refractivity contribution < 1.29 is 14.4 Å². The number of rotatable bonds is 1. The fourth-order valence-corrected chi connectivity index (χ4v) is 2.86. The van der Waals surface area contributed by atoms with Gasteiger partial charge in [0.25, 0.3) is 0 Å². The summed E-state index contributed by atoms with van der Waals surface area (Å²) in [6.07, 6.45) is 0. The third-order valence-corrected chi connectivity index (χ3v) is 3.90. The minimum atomic E-state index is -0.246. The number of aromatic nitrogens is 1. The number of Topliss-reactive ketones (excluding diaryl/α,β-unsaturated/α-hetero) is 1. The molecule has 20 heavy (non-hydrogen) atoms. The van der Waals surface area contributed by atoms with E-state index in [-0.39, 0.29) is 22.9 Å². The third-order valence-electron chi connectivity index (χ3n) is 3.90. The van der Waals surface area contributed by atoms with E-state index in [1.54, 1.807) is 42.8 Å². The summed E-state index contributed by atoms with van der Waals surface area (Å²) in [5.74, 6) is -0.641. The molecule has 0 amide bonds. The van der Waals surface area contributed by atoms with E-state index in [1.165, 1.54) is 6.92 Å². The predicted molar refractivity (Wildman–Crippen MR) is 73.5 cm³/mol. The van der Waals surface area contributed by atoms with Crippen LogP contribution in [0.4, 0.5) is 0 Å². The van der Waals surface area contributed by atoms with Crippen LogP contribution in [-0.4, -0.2) is 21.9 Å². The van der Waals surface area contributed by atoms with Crippen molar-refractivity contribution in [3.63, 3.8) is 0 Å². The maximum Gasteiger partial charge on any atom is 0.210 e. The van der Waals surface area contributed by atoms with Crippen molar-refractivity contribution >= 4 is 17.3 Å². The predicted octanol–water partition coefficient (Wildman–Crippen LogP) is 2.31. The van der Waals surface area contributed by atoms with E-state index in [1.807, 2.05) is 0 Å². The van der Waals surface area contributed by atoms with Gasteiger partial charge >= 0.3 is 0 Å². The summed E-state index contributed by atoms with van der Waals surface area (Å²) in [4.78, 5) is 37.0. The SMILES string of the molecule is CC(=O)c1c2c(n(C)c1C)C(=O)c1ccccc1C2=O. The largest absolute Gasteiger partial charge is 0.344 e. The number of hydrogen-bond acceptors (Lipinski definition) is 3. The molecule has 1 aromatic heterocycles. The Labute approximate surface area is 116 Å². The smallest absolute Gasteiger partial charge is 0.210 e. The van der Waals surface area contributed by atoms with E-state index in [2.05, 4.69) is 0 Å². The highest BCUT2D eigenvalue weighted by molar-refractivity contribution is 6.30. The molecule has 0 saturated carbocycles. The lowest BCUT2D eigenvalue weighted by atomic mass is 9.85. The molecule has 0 saturated heterocycles. The van der Waals surface area contributed by atoms with Crippen molar-refractivity contribution in [2.45, 2.75) is 13.8 Å². The van der Waals surface area contributed by atoms with Crippen molar-refractivity contribution in [2.75, 3.05) is 0 Å². The van der Waals surface area contributed by atoms with Crippen molar-refractivity contribution in [1.82, 2.24) is 4.57 Å². The normalized spacial score (nSPS) is 13.2. The minimum Gasteiger partial charge on any atom is -0.344 e. The molecular weight excluding hydrogens is 254 g/mol. The lowest BCUT2D eigenvalue weighted by Crippen LogP contribution is -2.23. The highest BCUT2D eigenvalue weighted by atomic mass is 16.1. The number of ketones is 3. The average Bonchev–Trinajstić information content (AvgIpc) is 2.69. The minimum absolute atomic E-state index is 0.195. The zero-order valence-corrected chi connectivity index (χ0v) is 11.5. The second-order valence-corrected chi connectivity index (χ2v) is 5.00. The zero-order valence-electron chi connectivity index (χ0n) is 11.5. The Kier molecular flexibility index (Phi) is 2.51. The molecule has 4 heteroatoms. The van der Waals surface area contributed by atoms with Gasteiger partial charge in [-0.1, -0.05) is 24.3 Å². The second kappa shape index (κ2) is 4.00. The summed E-state index contributed by atoms with van der Waals surface area (Å²) < 4.78 is 1.64. The molecule has 100 valence electrons. The summed E-state index contributed by atoms with van der Waals surface area (Å²) in [6.45, 7) is 3.17. The Morgan fingerprint density at radius 3 is 2.15 bits per heavy atom. The summed E-state index contributed by atoms with van der Waals surface area (Å²) >= 11 is 0. The highest BCUT2D eigenvalue weighted by Crippen LogP contribution is 2.32. The summed E-state index contributed by atoms with van der Waals surface area (Å²) in [5.41, 5.74) is 2.35. The number of carbonyl (C=O) groups is 3. The molecule has 0 N–H and O–H groups in total. The Balaban J connectivity index is 2.43. The molecule has 2 aromatic rings. The van der Waals surface area contributed by atoms with Crippen molar-refractivity contribution in [3.05, 3.63) is 57.9 Å². The Bertz CT molecular complexity index is 796. The maximum atomic E-state index is 12.6. The molecular formula is C16H13NO3. The van der Waals surface area contributed by atoms with Crippen molar-refractivity contribution in [2.24, 2.45) is 7.05 Å². The summed E-state index contributed by atoms with van der Waals surface area (Å²) in [6, 6.07) is 6.73. The number of hydrogen-bond donors (Lipinski definition) is 0. The molecule has 1 aromatic carbocycles. The molecule has 0 aliphatic heterocycles. The summed E-state index contributed by atoms with van der Waals surface area (Å²) in [7, 11) is 1.71. The fourth-order valence-electron chi connectivity index (χ4n) is 2.86. The van der Waals surface area contributed by atoms with E-state index in [4.69, 9.17) is 0 Å². The van der Waals surface area contributed by atoms with Crippen molar-refractivity contribution in [3.8, 4) is 0 Å². The van der Waals surface area contributed by atoms with Crippen LogP contribution < -0.4 is 0 Å². The first-order chi connectivity index (χ1) is 9.45. The monoisotopic (exact) mass is 267 g/mol. The van der Waals surface area contributed by atoms with Crippen LogP contribution in [-0.2, 0) is 7.05 Å². The third kappa shape index (κ3) is 1.39. The first-order valence-electron chi connectivity index (χ1n) is 6.33. The van der Waals surface area contributed by atoms with Crippen LogP contribution in [0.3, 0.4) is 0 Å². The number of benzene rings is 1. The van der Waals surface area contributed by atoms with Gasteiger partial charge in [-0.05, 0) is 13.8 Å². The lowest BCUT2D eigenvalue weighted by molar-refractivity contribution is 0.0966. The van der Waals surface area contributed by atoms with E-state index in [9.17, 15) is 14.4 Å². The van der Waals surface area contributed by atoms with Gasteiger partial charge in [0.05, 0.1) is 5.56 Å². The number of fused-ring (bicyclic) bond motifs is 2. The van der Waals surface area contributed by atoms with Gasteiger partial charge < -0.3 is 4.57 Å². The summed E-state index contributed by atoms with van der Waals surface area (Å²) in [5, 5.41) is 0. The Morgan fingerprint density at radius 1 is 1.05 bits per heavy atom. The highest BCUT2D eigenvalue weighted by Gasteiger charge is 2.36. The van der Waals surface area contributed by atoms with Gasteiger partial charge in [0, 0.05) is 29.4 Å². The maximum absolute atomic E-state index is 12.6. The van der Waals surface area contributed by atoms with Gasteiger partial charge in [-0.15, -0.1) is 0 Å². The van der Waals surface area contributed by atoms with Crippen LogP contribution in [0.1, 0.15) is 54.9 Å². The average molecular weight is 267 g/mol. The van der Waals surface area contributed by atoms with Gasteiger partial charge in [-0.2, -0.15) is 0 Å². The quantitative estimate of drug-likeness (QED) is 0.636. The van der Waals surface area contributed by atoms with Crippen LogP contribution in [0, 0.1) is 6.92 Å². The van der Waals surface area contributed by atoms with E-state index in [0.29, 0.717) is 28.1 Å². The zero-order chi connectivity index (χ0) is 14.6. The second-order valence-electron chi connectivity index (χ2n) is 5.00. The van der Waals surface area contributed by atoms with Gasteiger partial charge in [-0.3, -0.25) is 14.4 Å². The molecule has 0 spiro atoms. The number of carbonyl (C=O) groups excluding carboxylic acids is 3. The molecule has 0 radical (unpaired) electrons. The van der Waals surface area contributed by atoms with Crippen LogP contribution in [0.5, 0.6) is 0 Å². The van der Waals surface area contributed by atoms with Gasteiger partial charge in [0.2, 0.25) is 5.78 Å². The molecule has 0 atom stereocenters. The molecule has 1 aliphatic carbocycles. The van der Waals surface area contributed by atoms with Crippen LogP contribution >= 0.6 is 0 Å². The van der Waals surface area contributed by atoms with Crippen LogP contribution in [0.2, 0.25) is 0 Å². The van der Waals surface area contributed by atoms with Gasteiger partial charge in [0.1, 0.15) is 5.69 Å². The molecule has 3 rings (SSSR count). The van der Waals surface area contributed by atoms with Gasteiger partial charge in [-0.25, -0.2) is 0 Å². The van der Waals surface area contributed by atoms with E-state index in [0.717, 1.165) is 0 Å². The Hall–Kier alpha value is -2.49. The molecule has 1 heterocycles. The first-order valence-corrected chi connectivity index (χ1v) is 6.33. The van der Waals surface area contributed by atoms with Crippen LogP contribution in [0.15, 0.2) is 24.3 Å². The molecule has 4 nitrogen and oxygen atoms in total. The molecule has 1 aliphatic rings. The van der Waals surface area contributed by atoms with Gasteiger partial charge in [0.15, 0.2) is 11.6 Å². The molecule has 0 unspecified atom stereocenters. The number of nitrogens with zero attached hydrogens (tertiary/aromatic N) is 1. The van der Waals surface area contributed by atoms with Crippen molar-refractivity contribution in [1.29, 1.82) is 0 Å². The standard InChI is InChI=1S/C16H13NO3/c1-8-12(9(2)18)13-14(17(8)3)16(20)11-7-5-4-6-10(11)15(13)19/h4-7H,1-3H3. The lowest BCUT2D eigenvalue weighted by Gasteiger charge is -2.15. The molecule has 0 bridgehead atoms. The first kappa shape index (κ1) is 12.5. The van der Waals surface area contributed by atoms with E-state index >= 15 is 0 Å². The topological polar surface area (TPSA) is 56.1 Å². The van der Waals surface area contributed by atoms with E-state index < -0.39 is 0 Å². The van der Waals surface area contributed by atoms with Crippen LogP contribution in [0.25, 0.3) is 0 Å². The molecule has 0 fully saturated rings. The fraction of sp³-hybridized carbons (Fsp3) is 0.188. The Morgan fingerprint density at radius 2 is 1.60 bits per heavy atom.